The Bertz CT molecular complexity index is 956. The van der Waals surface area contributed by atoms with Gasteiger partial charge in [0, 0.05) is 16.3 Å². The molecule has 0 spiro atoms. The van der Waals surface area contributed by atoms with E-state index in [1.807, 2.05) is 12.1 Å². The molecular weight excluding hydrogens is 404 g/mol. The molecule has 2 aromatic carbocycles. The number of nitrogens with one attached hydrogen (secondary N) is 2. The summed E-state index contributed by atoms with van der Waals surface area (Å²) in [6.07, 6.45) is 0. The molecule has 5 nitrogen and oxygen atoms in total. The molecule has 0 aliphatic heterocycles. The molecule has 1 aromatic heterocycles. The first kappa shape index (κ1) is 21.4. The lowest BCUT2D eigenvalue weighted by atomic mass is 9.92. The Morgan fingerprint density at radius 1 is 1.07 bits per heavy atom. The molecule has 0 aliphatic carbocycles. The quantitative estimate of drug-likeness (QED) is 0.446. The van der Waals surface area contributed by atoms with Gasteiger partial charge in [0.25, 0.3) is 0 Å². The summed E-state index contributed by atoms with van der Waals surface area (Å²) in [5, 5.41) is 11.4. The van der Waals surface area contributed by atoms with E-state index in [2.05, 4.69) is 66.4 Å². The minimum Gasteiger partial charge on any atom is -0.325 e. The second-order valence-electron chi connectivity index (χ2n) is 7.43. The third-order valence-corrected chi connectivity index (χ3v) is 5.65. The van der Waals surface area contributed by atoms with Gasteiger partial charge in [-0.3, -0.25) is 9.89 Å². The van der Waals surface area contributed by atoms with Gasteiger partial charge in [-0.1, -0.05) is 69.3 Å². The molecule has 1 amide bonds. The summed E-state index contributed by atoms with van der Waals surface area (Å²) in [4.78, 5) is 17.1. The van der Waals surface area contributed by atoms with Gasteiger partial charge in [-0.05, 0) is 47.2 Å². The van der Waals surface area contributed by atoms with Crippen molar-refractivity contribution in [2.75, 3.05) is 11.1 Å². The first-order chi connectivity index (χ1) is 13.8. The second kappa shape index (κ2) is 9.46. The van der Waals surface area contributed by atoms with E-state index in [1.165, 1.54) is 11.8 Å². The average Bonchev–Trinajstić information content (AvgIpc) is 3.15. The zero-order chi connectivity index (χ0) is 21.0. The molecule has 29 heavy (non-hydrogen) atoms. The van der Waals surface area contributed by atoms with Crippen LogP contribution >= 0.6 is 23.4 Å². The van der Waals surface area contributed by atoms with Crippen LogP contribution in [0.15, 0.2) is 47.6 Å². The molecule has 7 heteroatoms. The zero-order valence-electron chi connectivity index (χ0n) is 17.0. The number of carbonyl (C=O) groups is 1. The molecular formula is C22H25ClN4OS. The van der Waals surface area contributed by atoms with Gasteiger partial charge < -0.3 is 5.32 Å². The molecule has 152 valence electrons. The summed E-state index contributed by atoms with van der Waals surface area (Å²) in [5.41, 5.74) is 4.13. The van der Waals surface area contributed by atoms with E-state index < -0.39 is 0 Å². The Balaban J connectivity index is 1.67. The van der Waals surface area contributed by atoms with Crippen LogP contribution in [0, 0.1) is 0 Å². The molecule has 2 N–H and O–H groups in total. The van der Waals surface area contributed by atoms with Gasteiger partial charge in [-0.15, -0.1) is 5.10 Å². The van der Waals surface area contributed by atoms with Crippen molar-refractivity contribution in [3.63, 3.8) is 0 Å². The number of aromatic nitrogens is 3. The van der Waals surface area contributed by atoms with Gasteiger partial charge in [0.15, 0.2) is 5.82 Å². The highest BCUT2D eigenvalue weighted by atomic mass is 35.5. The Labute approximate surface area is 180 Å². The third-order valence-electron chi connectivity index (χ3n) is 4.55. The van der Waals surface area contributed by atoms with Gasteiger partial charge >= 0.3 is 0 Å². The number of para-hydroxylation sites is 1. The Morgan fingerprint density at radius 2 is 1.69 bits per heavy atom. The van der Waals surface area contributed by atoms with Crippen molar-refractivity contribution < 1.29 is 4.79 Å². The summed E-state index contributed by atoms with van der Waals surface area (Å²) in [7, 11) is 0. The van der Waals surface area contributed by atoms with Crippen molar-refractivity contribution in [1.29, 1.82) is 0 Å². The van der Waals surface area contributed by atoms with E-state index in [0.29, 0.717) is 27.8 Å². The van der Waals surface area contributed by atoms with E-state index in [0.717, 1.165) is 22.4 Å². The van der Waals surface area contributed by atoms with Crippen LogP contribution in [0.4, 0.5) is 5.69 Å². The van der Waals surface area contributed by atoms with Gasteiger partial charge in [0.2, 0.25) is 11.1 Å². The van der Waals surface area contributed by atoms with Crippen LogP contribution in [0.3, 0.4) is 0 Å². The number of carbonyl (C=O) groups excluding carboxylic acids is 1. The van der Waals surface area contributed by atoms with Crippen molar-refractivity contribution in [2.45, 2.75) is 44.7 Å². The minimum absolute atomic E-state index is 0.0668. The third kappa shape index (κ3) is 5.40. The van der Waals surface area contributed by atoms with Crippen molar-refractivity contribution in [2.24, 2.45) is 0 Å². The number of aromatic amines is 1. The Hall–Kier alpha value is -2.31. The average molecular weight is 429 g/mol. The topological polar surface area (TPSA) is 70.7 Å². The molecule has 3 aromatic rings. The molecule has 0 atom stereocenters. The van der Waals surface area contributed by atoms with E-state index in [4.69, 9.17) is 11.6 Å². The Kier molecular flexibility index (Phi) is 6.98. The van der Waals surface area contributed by atoms with Gasteiger partial charge in [-0.25, -0.2) is 4.98 Å². The standard InChI is InChI=1S/C22H25ClN4OS/c1-13(2)17-6-5-7-18(14(3)4)20(17)24-19(28)12-29-22-25-21(26-27-22)15-8-10-16(23)11-9-15/h5-11,13-14H,12H2,1-4H3,(H,24,28)(H,25,26,27). The summed E-state index contributed by atoms with van der Waals surface area (Å²) in [6, 6.07) is 13.6. The van der Waals surface area contributed by atoms with E-state index in [9.17, 15) is 4.79 Å². The van der Waals surface area contributed by atoms with Crippen LogP contribution in [0.25, 0.3) is 11.4 Å². The SMILES string of the molecule is CC(C)c1cccc(C(C)C)c1NC(=O)CSc1n[nH]c(-c2ccc(Cl)cc2)n1. The first-order valence-electron chi connectivity index (χ1n) is 9.59. The number of nitrogens with zero attached hydrogens (tertiary/aromatic N) is 2. The highest BCUT2D eigenvalue weighted by Crippen LogP contribution is 2.32. The normalized spacial score (nSPS) is 11.3. The highest BCUT2D eigenvalue weighted by Gasteiger charge is 2.16. The monoisotopic (exact) mass is 428 g/mol. The smallest absolute Gasteiger partial charge is 0.234 e. The lowest BCUT2D eigenvalue weighted by molar-refractivity contribution is -0.113. The number of hydrogen-bond donors (Lipinski definition) is 2. The predicted molar refractivity (Wildman–Crippen MR) is 121 cm³/mol. The fourth-order valence-electron chi connectivity index (χ4n) is 3.05. The van der Waals surface area contributed by atoms with Gasteiger partial charge in [0.05, 0.1) is 5.75 Å². The molecule has 1 heterocycles. The van der Waals surface area contributed by atoms with Crippen molar-refractivity contribution in [3.8, 4) is 11.4 Å². The fraction of sp³-hybridized carbons (Fsp3) is 0.318. The van der Waals surface area contributed by atoms with E-state index in [-0.39, 0.29) is 11.7 Å². The number of hydrogen-bond acceptors (Lipinski definition) is 4. The molecule has 0 bridgehead atoms. The number of halogens is 1. The molecule has 0 unspecified atom stereocenters. The Morgan fingerprint density at radius 3 is 2.28 bits per heavy atom. The van der Waals surface area contributed by atoms with E-state index >= 15 is 0 Å². The molecule has 0 saturated heterocycles. The van der Waals surface area contributed by atoms with Gasteiger partial charge in [0.1, 0.15) is 0 Å². The first-order valence-corrected chi connectivity index (χ1v) is 10.9. The lowest BCUT2D eigenvalue weighted by Crippen LogP contribution is -2.17. The second-order valence-corrected chi connectivity index (χ2v) is 8.81. The lowest BCUT2D eigenvalue weighted by Gasteiger charge is -2.20. The maximum Gasteiger partial charge on any atom is 0.234 e. The summed E-state index contributed by atoms with van der Waals surface area (Å²) in [6.45, 7) is 8.54. The number of thioether (sulfide) groups is 1. The zero-order valence-corrected chi connectivity index (χ0v) is 18.6. The van der Waals surface area contributed by atoms with Crippen molar-refractivity contribution >= 4 is 35.0 Å². The number of anilines is 1. The van der Waals surface area contributed by atoms with Gasteiger partial charge in [-0.2, -0.15) is 0 Å². The predicted octanol–water partition coefficient (Wildman–Crippen LogP) is 6.10. The number of amides is 1. The summed E-state index contributed by atoms with van der Waals surface area (Å²) < 4.78 is 0. The minimum atomic E-state index is -0.0668. The highest BCUT2D eigenvalue weighted by molar-refractivity contribution is 7.99. The molecule has 0 fully saturated rings. The van der Waals surface area contributed by atoms with E-state index in [1.54, 1.807) is 12.1 Å². The van der Waals surface area contributed by atoms with Crippen LogP contribution in [0.5, 0.6) is 0 Å². The van der Waals surface area contributed by atoms with Crippen LogP contribution < -0.4 is 5.32 Å². The van der Waals surface area contributed by atoms with Crippen LogP contribution in [0.1, 0.15) is 50.7 Å². The van der Waals surface area contributed by atoms with Crippen LogP contribution in [-0.2, 0) is 4.79 Å². The largest absolute Gasteiger partial charge is 0.325 e. The molecule has 0 radical (unpaired) electrons. The molecule has 3 rings (SSSR count). The summed E-state index contributed by atoms with van der Waals surface area (Å²) >= 11 is 7.23. The molecule has 0 saturated carbocycles. The number of rotatable bonds is 7. The summed E-state index contributed by atoms with van der Waals surface area (Å²) in [5.74, 6) is 1.47. The van der Waals surface area contributed by atoms with Crippen molar-refractivity contribution in [1.82, 2.24) is 15.2 Å². The molecule has 0 aliphatic rings. The number of benzene rings is 2. The maximum atomic E-state index is 12.6. The van der Waals surface area contributed by atoms with Crippen molar-refractivity contribution in [3.05, 3.63) is 58.6 Å². The van der Waals surface area contributed by atoms with Crippen LogP contribution in [0.2, 0.25) is 5.02 Å². The fourth-order valence-corrected chi connectivity index (χ4v) is 3.77. The van der Waals surface area contributed by atoms with Crippen LogP contribution in [-0.4, -0.2) is 26.8 Å². The maximum absolute atomic E-state index is 12.6. The number of H-pyrrole nitrogens is 1.